The number of halogens is 2. The molecule has 22 heavy (non-hydrogen) atoms. The molecule has 0 aliphatic rings. The van der Waals surface area contributed by atoms with E-state index >= 15 is 0 Å². The smallest absolute Gasteiger partial charge is 0.241 e. The average molecular weight is 345 g/mol. The molecule has 0 unspecified atom stereocenters. The number of carbonyl (C=O) groups excluding carboxylic acids is 1. The first kappa shape index (κ1) is 18.6. The van der Waals surface area contributed by atoms with Crippen molar-refractivity contribution in [2.75, 3.05) is 26.7 Å². The molecule has 0 atom stereocenters. The quantitative estimate of drug-likeness (QED) is 0.615. The van der Waals surface area contributed by atoms with Gasteiger partial charge in [0.15, 0.2) is 5.96 Å². The van der Waals surface area contributed by atoms with E-state index in [2.05, 4.69) is 15.6 Å². The van der Waals surface area contributed by atoms with E-state index in [1.54, 1.807) is 6.07 Å². The van der Waals surface area contributed by atoms with E-state index in [1.807, 2.05) is 37.9 Å². The van der Waals surface area contributed by atoms with Crippen LogP contribution in [-0.4, -0.2) is 43.4 Å². The van der Waals surface area contributed by atoms with Crippen molar-refractivity contribution < 1.29 is 4.79 Å². The van der Waals surface area contributed by atoms with Gasteiger partial charge in [0.25, 0.3) is 0 Å². The van der Waals surface area contributed by atoms with Gasteiger partial charge in [0, 0.05) is 26.7 Å². The zero-order valence-electron chi connectivity index (χ0n) is 13.1. The van der Waals surface area contributed by atoms with E-state index in [0.717, 1.165) is 12.1 Å². The Labute approximate surface area is 141 Å². The molecule has 0 saturated carbocycles. The van der Waals surface area contributed by atoms with E-state index < -0.39 is 0 Å². The standard InChI is InChI=1S/C15H22Cl2N4O/c1-4-18-14(22)9-20-15(19-5-2)21(3)10-11-6-7-12(16)13(17)8-11/h6-8H,4-5,9-10H2,1-3H3,(H,18,22)(H,19,20). The maximum absolute atomic E-state index is 11.5. The summed E-state index contributed by atoms with van der Waals surface area (Å²) < 4.78 is 0. The number of nitrogens with zero attached hydrogens (tertiary/aromatic N) is 2. The Morgan fingerprint density at radius 3 is 2.45 bits per heavy atom. The third-order valence-electron chi connectivity index (χ3n) is 2.85. The second-order valence-electron chi connectivity index (χ2n) is 4.73. The van der Waals surface area contributed by atoms with Crippen LogP contribution in [0.25, 0.3) is 0 Å². The molecule has 1 amide bonds. The van der Waals surface area contributed by atoms with Crippen LogP contribution in [-0.2, 0) is 11.3 Å². The lowest BCUT2D eigenvalue weighted by molar-refractivity contribution is -0.119. The highest BCUT2D eigenvalue weighted by Gasteiger charge is 2.09. The van der Waals surface area contributed by atoms with Crippen molar-refractivity contribution in [3.05, 3.63) is 33.8 Å². The van der Waals surface area contributed by atoms with E-state index in [9.17, 15) is 4.79 Å². The predicted octanol–water partition coefficient (Wildman–Crippen LogP) is 2.53. The minimum absolute atomic E-state index is 0.0964. The Balaban J connectivity index is 2.75. The van der Waals surface area contributed by atoms with E-state index in [0.29, 0.717) is 29.1 Å². The highest BCUT2D eigenvalue weighted by Crippen LogP contribution is 2.23. The number of rotatable bonds is 6. The Bertz CT molecular complexity index is 534. The molecule has 0 aromatic heterocycles. The molecule has 1 aromatic carbocycles. The largest absolute Gasteiger partial charge is 0.357 e. The van der Waals surface area contributed by atoms with Crippen LogP contribution in [0.2, 0.25) is 10.0 Å². The number of amides is 1. The summed E-state index contributed by atoms with van der Waals surface area (Å²) in [5, 5.41) is 6.94. The normalized spacial score (nSPS) is 11.2. The monoisotopic (exact) mass is 344 g/mol. The van der Waals surface area contributed by atoms with Gasteiger partial charge in [0.1, 0.15) is 6.54 Å². The molecule has 122 valence electrons. The SMILES string of the molecule is CCNC(=O)CN=C(NCC)N(C)Cc1ccc(Cl)c(Cl)c1. The molecule has 0 radical (unpaired) electrons. The Morgan fingerprint density at radius 1 is 1.18 bits per heavy atom. The van der Waals surface area contributed by atoms with Crippen LogP contribution in [0.3, 0.4) is 0 Å². The van der Waals surface area contributed by atoms with Gasteiger partial charge in [0.2, 0.25) is 5.91 Å². The summed E-state index contributed by atoms with van der Waals surface area (Å²) in [4.78, 5) is 17.8. The average Bonchev–Trinajstić information content (AvgIpc) is 2.47. The van der Waals surface area contributed by atoms with Crippen molar-refractivity contribution in [1.29, 1.82) is 0 Å². The summed E-state index contributed by atoms with van der Waals surface area (Å²) in [6.45, 7) is 5.89. The number of hydrogen-bond donors (Lipinski definition) is 2. The Hall–Kier alpha value is -1.46. The molecule has 1 rings (SSSR count). The lowest BCUT2D eigenvalue weighted by Crippen LogP contribution is -2.39. The number of aliphatic imine (C=N–C) groups is 1. The number of carbonyl (C=O) groups is 1. The summed E-state index contributed by atoms with van der Waals surface area (Å²) in [5.74, 6) is 0.570. The first-order valence-electron chi connectivity index (χ1n) is 7.18. The first-order valence-corrected chi connectivity index (χ1v) is 7.93. The van der Waals surface area contributed by atoms with Crippen molar-refractivity contribution >= 4 is 35.1 Å². The van der Waals surface area contributed by atoms with Gasteiger partial charge in [-0.05, 0) is 31.5 Å². The van der Waals surface area contributed by atoms with E-state index in [1.165, 1.54) is 0 Å². The molecule has 5 nitrogen and oxygen atoms in total. The summed E-state index contributed by atoms with van der Waals surface area (Å²) in [6, 6.07) is 5.51. The molecule has 0 spiro atoms. The summed E-state index contributed by atoms with van der Waals surface area (Å²) in [7, 11) is 1.90. The maximum Gasteiger partial charge on any atom is 0.241 e. The molecule has 2 N–H and O–H groups in total. The zero-order valence-corrected chi connectivity index (χ0v) is 14.6. The zero-order chi connectivity index (χ0) is 16.5. The molecule has 0 bridgehead atoms. The van der Waals surface area contributed by atoms with E-state index in [4.69, 9.17) is 23.2 Å². The van der Waals surface area contributed by atoms with Crippen LogP contribution in [0.15, 0.2) is 23.2 Å². The minimum Gasteiger partial charge on any atom is -0.357 e. The van der Waals surface area contributed by atoms with Crippen molar-refractivity contribution in [3.8, 4) is 0 Å². The molecular formula is C15H22Cl2N4O. The van der Waals surface area contributed by atoms with Crippen LogP contribution in [0, 0.1) is 0 Å². The van der Waals surface area contributed by atoms with Crippen molar-refractivity contribution in [2.45, 2.75) is 20.4 Å². The molecule has 1 aromatic rings. The van der Waals surface area contributed by atoms with Gasteiger partial charge in [0.05, 0.1) is 10.0 Å². The van der Waals surface area contributed by atoms with Crippen LogP contribution >= 0.6 is 23.2 Å². The highest BCUT2D eigenvalue weighted by molar-refractivity contribution is 6.42. The first-order chi connectivity index (χ1) is 10.5. The molecule has 0 heterocycles. The van der Waals surface area contributed by atoms with Gasteiger partial charge >= 0.3 is 0 Å². The number of benzene rings is 1. The third kappa shape index (κ3) is 6.12. The van der Waals surface area contributed by atoms with Crippen LogP contribution in [0.1, 0.15) is 19.4 Å². The van der Waals surface area contributed by atoms with Crippen molar-refractivity contribution in [3.63, 3.8) is 0 Å². The minimum atomic E-state index is -0.0964. The maximum atomic E-state index is 11.5. The van der Waals surface area contributed by atoms with E-state index in [-0.39, 0.29) is 12.5 Å². The fourth-order valence-electron chi connectivity index (χ4n) is 1.86. The molecule has 0 aliphatic heterocycles. The van der Waals surface area contributed by atoms with Crippen LogP contribution in [0.4, 0.5) is 0 Å². The lowest BCUT2D eigenvalue weighted by Gasteiger charge is -2.22. The second-order valence-corrected chi connectivity index (χ2v) is 5.54. The predicted molar refractivity (Wildman–Crippen MR) is 92.6 cm³/mol. The van der Waals surface area contributed by atoms with Gasteiger partial charge in [-0.15, -0.1) is 0 Å². The number of guanidine groups is 1. The summed E-state index contributed by atoms with van der Waals surface area (Å²) >= 11 is 11.9. The summed E-state index contributed by atoms with van der Waals surface area (Å²) in [6.07, 6.45) is 0. The highest BCUT2D eigenvalue weighted by atomic mass is 35.5. The van der Waals surface area contributed by atoms with Gasteiger partial charge < -0.3 is 15.5 Å². The van der Waals surface area contributed by atoms with Gasteiger partial charge in [-0.1, -0.05) is 29.3 Å². The molecule has 0 saturated heterocycles. The lowest BCUT2D eigenvalue weighted by atomic mass is 10.2. The van der Waals surface area contributed by atoms with Gasteiger partial charge in [-0.2, -0.15) is 0 Å². The Kier molecular flexibility index (Phi) is 8.06. The molecule has 0 aliphatic carbocycles. The van der Waals surface area contributed by atoms with Gasteiger partial charge in [-0.3, -0.25) is 4.79 Å². The molecular weight excluding hydrogens is 323 g/mol. The fraction of sp³-hybridized carbons (Fsp3) is 0.467. The van der Waals surface area contributed by atoms with Crippen LogP contribution < -0.4 is 10.6 Å². The van der Waals surface area contributed by atoms with Crippen molar-refractivity contribution in [1.82, 2.24) is 15.5 Å². The third-order valence-corrected chi connectivity index (χ3v) is 3.59. The topological polar surface area (TPSA) is 56.7 Å². The Morgan fingerprint density at radius 2 is 1.86 bits per heavy atom. The molecule has 0 fully saturated rings. The second kappa shape index (κ2) is 9.54. The fourth-order valence-corrected chi connectivity index (χ4v) is 2.18. The number of nitrogens with one attached hydrogen (secondary N) is 2. The van der Waals surface area contributed by atoms with Crippen LogP contribution in [0.5, 0.6) is 0 Å². The van der Waals surface area contributed by atoms with Crippen molar-refractivity contribution in [2.24, 2.45) is 4.99 Å². The van der Waals surface area contributed by atoms with Gasteiger partial charge in [-0.25, -0.2) is 4.99 Å². The summed E-state index contributed by atoms with van der Waals surface area (Å²) in [5.41, 5.74) is 1.01. The number of hydrogen-bond acceptors (Lipinski definition) is 2. The number of likely N-dealkylation sites (N-methyl/N-ethyl adjacent to an activating group) is 1. The molecule has 7 heteroatoms.